The topological polar surface area (TPSA) is 58.6 Å². The van der Waals surface area contributed by atoms with Crippen LogP contribution in [0.1, 0.15) is 44.0 Å². The first-order chi connectivity index (χ1) is 10.9. The molecule has 0 radical (unpaired) electrons. The van der Waals surface area contributed by atoms with Gasteiger partial charge in [-0.05, 0) is 36.6 Å². The second-order valence-electron chi connectivity index (χ2n) is 6.08. The lowest BCUT2D eigenvalue weighted by Gasteiger charge is -2.19. The van der Waals surface area contributed by atoms with E-state index in [4.69, 9.17) is 4.74 Å². The maximum absolute atomic E-state index is 12.0. The summed E-state index contributed by atoms with van der Waals surface area (Å²) in [7, 11) is 1.75. The van der Waals surface area contributed by atoms with Crippen LogP contribution in [-0.2, 0) is 4.79 Å². The molecule has 1 N–H and O–H groups in total. The Balaban J connectivity index is 2.44. The van der Waals surface area contributed by atoms with Gasteiger partial charge in [-0.15, -0.1) is 0 Å². The molecule has 0 unspecified atom stereocenters. The smallest absolute Gasteiger partial charge is 0.251 e. The minimum atomic E-state index is -0.253. The zero-order valence-electron chi connectivity index (χ0n) is 14.6. The molecule has 0 aliphatic heterocycles. The van der Waals surface area contributed by atoms with Gasteiger partial charge in [0, 0.05) is 19.2 Å². The molecular formula is C18H28N2O3. The average Bonchev–Trinajstić information content (AvgIpc) is 2.52. The third-order valence-electron chi connectivity index (χ3n) is 3.35. The normalized spacial score (nSPS) is 10.5. The summed E-state index contributed by atoms with van der Waals surface area (Å²) in [6.07, 6.45) is 2.09. The second kappa shape index (κ2) is 9.87. The van der Waals surface area contributed by atoms with Gasteiger partial charge in [0.25, 0.3) is 5.91 Å². The predicted octanol–water partition coefficient (Wildman–Crippen LogP) is 2.71. The molecule has 1 rings (SSSR count). The molecule has 2 amide bonds. The van der Waals surface area contributed by atoms with Crippen molar-refractivity contribution >= 4 is 11.8 Å². The van der Waals surface area contributed by atoms with Crippen LogP contribution in [-0.4, -0.2) is 43.5 Å². The van der Waals surface area contributed by atoms with E-state index in [1.807, 2.05) is 13.8 Å². The molecule has 5 heteroatoms. The molecule has 0 aromatic heterocycles. The van der Waals surface area contributed by atoms with Crippen LogP contribution in [0.5, 0.6) is 5.75 Å². The summed E-state index contributed by atoms with van der Waals surface area (Å²) in [6, 6.07) is 6.96. The fraction of sp³-hybridized carbons (Fsp3) is 0.556. The largest absolute Gasteiger partial charge is 0.494 e. The highest BCUT2D eigenvalue weighted by atomic mass is 16.5. The van der Waals surface area contributed by atoms with Gasteiger partial charge in [-0.25, -0.2) is 0 Å². The number of nitrogens with one attached hydrogen (secondary N) is 1. The standard InChI is InChI=1S/C18H28N2O3/c1-5-6-11-23-16-9-7-15(8-10-16)18(22)19-12-17(21)20(4)13-14(2)3/h7-10,14H,5-6,11-13H2,1-4H3,(H,19,22). The first-order valence-electron chi connectivity index (χ1n) is 8.19. The van der Waals surface area contributed by atoms with E-state index in [1.165, 1.54) is 0 Å². The number of carbonyl (C=O) groups is 2. The number of nitrogens with zero attached hydrogens (tertiary/aromatic N) is 1. The number of benzene rings is 1. The second-order valence-corrected chi connectivity index (χ2v) is 6.08. The first kappa shape index (κ1) is 19.0. The van der Waals surface area contributed by atoms with Crippen molar-refractivity contribution in [2.24, 2.45) is 5.92 Å². The van der Waals surface area contributed by atoms with Crippen LogP contribution >= 0.6 is 0 Å². The molecule has 0 fully saturated rings. The molecule has 0 heterocycles. The highest BCUT2D eigenvalue weighted by molar-refractivity contribution is 5.96. The number of hydrogen-bond donors (Lipinski definition) is 1. The summed E-state index contributed by atoms with van der Waals surface area (Å²) >= 11 is 0. The predicted molar refractivity (Wildman–Crippen MR) is 91.7 cm³/mol. The zero-order valence-corrected chi connectivity index (χ0v) is 14.6. The Morgan fingerprint density at radius 1 is 1.22 bits per heavy atom. The van der Waals surface area contributed by atoms with Crippen LogP contribution in [0.2, 0.25) is 0 Å². The lowest BCUT2D eigenvalue weighted by atomic mass is 10.2. The monoisotopic (exact) mass is 320 g/mol. The minimum absolute atomic E-state index is 0.0107. The van der Waals surface area contributed by atoms with Gasteiger partial charge in [0.1, 0.15) is 5.75 Å². The van der Waals surface area contributed by atoms with Gasteiger partial charge in [-0.2, -0.15) is 0 Å². The van der Waals surface area contributed by atoms with Crippen molar-refractivity contribution in [1.82, 2.24) is 10.2 Å². The van der Waals surface area contributed by atoms with E-state index in [0.717, 1.165) is 18.6 Å². The molecule has 0 spiro atoms. The van der Waals surface area contributed by atoms with Crippen molar-refractivity contribution < 1.29 is 14.3 Å². The number of rotatable bonds is 9. The Morgan fingerprint density at radius 3 is 2.43 bits per heavy atom. The molecule has 0 atom stereocenters. The number of hydrogen-bond acceptors (Lipinski definition) is 3. The summed E-state index contributed by atoms with van der Waals surface area (Å²) in [6.45, 7) is 7.57. The molecule has 0 aliphatic rings. The van der Waals surface area contributed by atoms with Gasteiger partial charge in [-0.1, -0.05) is 27.2 Å². The number of ether oxygens (including phenoxy) is 1. The van der Waals surface area contributed by atoms with Crippen LogP contribution in [0, 0.1) is 5.92 Å². The lowest BCUT2D eigenvalue weighted by Crippen LogP contribution is -2.39. The third kappa shape index (κ3) is 7.17. The maximum Gasteiger partial charge on any atom is 0.251 e. The van der Waals surface area contributed by atoms with Crippen molar-refractivity contribution in [1.29, 1.82) is 0 Å². The molecule has 5 nitrogen and oxygen atoms in total. The quantitative estimate of drug-likeness (QED) is 0.712. The van der Waals surface area contributed by atoms with Gasteiger partial charge in [0.05, 0.1) is 13.2 Å². The summed E-state index contributed by atoms with van der Waals surface area (Å²) < 4.78 is 5.56. The molecule has 23 heavy (non-hydrogen) atoms. The van der Waals surface area contributed by atoms with E-state index in [2.05, 4.69) is 12.2 Å². The van der Waals surface area contributed by atoms with Gasteiger partial charge < -0.3 is 15.0 Å². The highest BCUT2D eigenvalue weighted by Gasteiger charge is 2.12. The number of likely N-dealkylation sites (N-methyl/N-ethyl adjacent to an activating group) is 1. The maximum atomic E-state index is 12.0. The molecule has 0 saturated carbocycles. The van der Waals surface area contributed by atoms with Crippen molar-refractivity contribution in [3.05, 3.63) is 29.8 Å². The van der Waals surface area contributed by atoms with Crippen molar-refractivity contribution in [3.63, 3.8) is 0 Å². The zero-order chi connectivity index (χ0) is 17.2. The Labute approximate surface area is 139 Å². The first-order valence-corrected chi connectivity index (χ1v) is 8.19. The fourth-order valence-electron chi connectivity index (χ4n) is 2.08. The summed E-state index contributed by atoms with van der Waals surface area (Å²) in [5.74, 6) is 0.811. The van der Waals surface area contributed by atoms with Crippen LogP contribution in [0.15, 0.2) is 24.3 Å². The van der Waals surface area contributed by atoms with E-state index in [1.54, 1.807) is 36.2 Å². The highest BCUT2D eigenvalue weighted by Crippen LogP contribution is 2.12. The Morgan fingerprint density at radius 2 is 1.87 bits per heavy atom. The lowest BCUT2D eigenvalue weighted by molar-refractivity contribution is -0.129. The van der Waals surface area contributed by atoms with Gasteiger partial charge in [-0.3, -0.25) is 9.59 Å². The Kier molecular flexibility index (Phi) is 8.16. The average molecular weight is 320 g/mol. The van der Waals surface area contributed by atoms with Crippen LogP contribution in [0.25, 0.3) is 0 Å². The summed E-state index contributed by atoms with van der Waals surface area (Å²) in [5.41, 5.74) is 0.521. The number of carbonyl (C=O) groups excluding carboxylic acids is 2. The van der Waals surface area contributed by atoms with E-state index in [-0.39, 0.29) is 18.4 Å². The molecule has 0 aliphatic carbocycles. The van der Waals surface area contributed by atoms with Gasteiger partial charge in [0.2, 0.25) is 5.91 Å². The van der Waals surface area contributed by atoms with E-state index in [0.29, 0.717) is 24.6 Å². The molecule has 1 aromatic rings. The molecule has 0 bridgehead atoms. The number of amides is 2. The van der Waals surface area contributed by atoms with Crippen molar-refractivity contribution in [2.75, 3.05) is 26.7 Å². The third-order valence-corrected chi connectivity index (χ3v) is 3.35. The van der Waals surface area contributed by atoms with Crippen molar-refractivity contribution in [2.45, 2.75) is 33.6 Å². The minimum Gasteiger partial charge on any atom is -0.494 e. The molecule has 128 valence electrons. The van der Waals surface area contributed by atoms with Crippen LogP contribution in [0.4, 0.5) is 0 Å². The fourth-order valence-corrected chi connectivity index (χ4v) is 2.08. The van der Waals surface area contributed by atoms with E-state index < -0.39 is 0 Å². The molecular weight excluding hydrogens is 292 g/mol. The van der Waals surface area contributed by atoms with E-state index in [9.17, 15) is 9.59 Å². The summed E-state index contributed by atoms with van der Waals surface area (Å²) in [4.78, 5) is 25.6. The van der Waals surface area contributed by atoms with Gasteiger partial charge >= 0.3 is 0 Å². The Bertz CT molecular complexity index is 497. The van der Waals surface area contributed by atoms with Gasteiger partial charge in [0.15, 0.2) is 0 Å². The van der Waals surface area contributed by atoms with Crippen LogP contribution in [0.3, 0.4) is 0 Å². The molecule has 1 aromatic carbocycles. The van der Waals surface area contributed by atoms with Crippen molar-refractivity contribution in [3.8, 4) is 5.75 Å². The summed E-state index contributed by atoms with van der Waals surface area (Å²) in [5, 5.41) is 2.65. The number of unbranched alkanes of at least 4 members (excludes halogenated alkanes) is 1. The SMILES string of the molecule is CCCCOc1ccc(C(=O)NCC(=O)N(C)CC(C)C)cc1. The molecule has 0 saturated heterocycles. The Hall–Kier alpha value is -2.04. The van der Waals surface area contributed by atoms with Crippen LogP contribution < -0.4 is 10.1 Å². The van der Waals surface area contributed by atoms with E-state index >= 15 is 0 Å².